The lowest BCUT2D eigenvalue weighted by Gasteiger charge is -2.37. The highest BCUT2D eigenvalue weighted by Crippen LogP contribution is 2.22. The molecule has 1 aliphatic rings. The Bertz CT molecular complexity index is 198. The van der Waals surface area contributed by atoms with E-state index in [0.29, 0.717) is 0 Å². The molecule has 0 amide bonds. The third-order valence-electron chi connectivity index (χ3n) is 2.82. The highest BCUT2D eigenvalue weighted by molar-refractivity contribution is 7.82. The summed E-state index contributed by atoms with van der Waals surface area (Å²) < 4.78 is 13.8. The van der Waals surface area contributed by atoms with Crippen molar-refractivity contribution in [3.8, 4) is 0 Å². The van der Waals surface area contributed by atoms with Gasteiger partial charge in [-0.2, -0.15) is 0 Å². The van der Waals surface area contributed by atoms with Crippen LogP contribution < -0.4 is 0 Å². The van der Waals surface area contributed by atoms with Gasteiger partial charge in [-0.1, -0.05) is 20.8 Å². The van der Waals surface area contributed by atoms with Gasteiger partial charge in [-0.25, -0.2) is 8.51 Å². The zero-order valence-electron chi connectivity index (χ0n) is 9.27. The van der Waals surface area contributed by atoms with E-state index in [2.05, 4.69) is 0 Å². The van der Waals surface area contributed by atoms with Crippen LogP contribution >= 0.6 is 0 Å². The normalized spacial score (nSPS) is 37.0. The van der Waals surface area contributed by atoms with Gasteiger partial charge in [-0.05, 0) is 18.3 Å². The molecule has 0 bridgehead atoms. The molecular formula is C10H21NO2S. The predicted octanol–water partition coefficient (Wildman–Crippen LogP) is 1.01. The average molecular weight is 219 g/mol. The van der Waals surface area contributed by atoms with Gasteiger partial charge in [-0.15, -0.1) is 0 Å². The fourth-order valence-corrected chi connectivity index (χ4v) is 3.37. The van der Waals surface area contributed by atoms with Crippen LogP contribution in [0.3, 0.4) is 0 Å². The fraction of sp³-hybridized carbons (Fsp3) is 1.00. The summed E-state index contributed by atoms with van der Waals surface area (Å²) in [6, 6.07) is 0. The SMILES string of the molecule is CCCS(=O)N1CC(C)C(O)C(C)C1. The summed E-state index contributed by atoms with van der Waals surface area (Å²) in [7, 11) is -0.841. The molecule has 1 aliphatic heterocycles. The van der Waals surface area contributed by atoms with E-state index >= 15 is 0 Å². The zero-order chi connectivity index (χ0) is 10.7. The van der Waals surface area contributed by atoms with Crippen molar-refractivity contribution < 1.29 is 9.32 Å². The van der Waals surface area contributed by atoms with Crippen LogP contribution in [0.5, 0.6) is 0 Å². The number of nitrogens with zero attached hydrogens (tertiary/aromatic N) is 1. The first-order valence-corrected chi connectivity index (χ1v) is 6.65. The summed E-state index contributed by atoms with van der Waals surface area (Å²) in [5.74, 6) is 1.22. The third kappa shape index (κ3) is 2.78. The molecule has 0 aromatic heterocycles. The smallest absolute Gasteiger partial charge is 0.0942 e. The summed E-state index contributed by atoms with van der Waals surface area (Å²) in [5.41, 5.74) is 0. The number of rotatable bonds is 3. The van der Waals surface area contributed by atoms with Gasteiger partial charge in [0.15, 0.2) is 0 Å². The molecule has 1 N–H and O–H groups in total. The van der Waals surface area contributed by atoms with Crippen LogP contribution in [0.4, 0.5) is 0 Å². The van der Waals surface area contributed by atoms with Crippen LogP contribution in [0.25, 0.3) is 0 Å². The van der Waals surface area contributed by atoms with Gasteiger partial charge in [0.1, 0.15) is 0 Å². The molecule has 1 rings (SSSR count). The molecule has 1 saturated heterocycles. The highest BCUT2D eigenvalue weighted by Gasteiger charge is 2.32. The Morgan fingerprint density at radius 3 is 2.29 bits per heavy atom. The molecule has 0 aliphatic carbocycles. The van der Waals surface area contributed by atoms with Crippen LogP contribution in [-0.2, 0) is 11.0 Å². The Hall–Kier alpha value is 0.0700. The molecule has 0 aromatic rings. The minimum absolute atomic E-state index is 0.232. The summed E-state index contributed by atoms with van der Waals surface area (Å²) >= 11 is 0. The summed E-state index contributed by atoms with van der Waals surface area (Å²) in [4.78, 5) is 0. The van der Waals surface area contributed by atoms with Crippen molar-refractivity contribution in [2.45, 2.75) is 33.3 Å². The molecule has 4 heteroatoms. The number of piperidine rings is 1. The number of hydrogen-bond donors (Lipinski definition) is 1. The Morgan fingerprint density at radius 1 is 1.36 bits per heavy atom. The van der Waals surface area contributed by atoms with Gasteiger partial charge in [0.2, 0.25) is 0 Å². The van der Waals surface area contributed by atoms with Gasteiger partial charge >= 0.3 is 0 Å². The van der Waals surface area contributed by atoms with E-state index in [0.717, 1.165) is 25.3 Å². The van der Waals surface area contributed by atoms with Gasteiger partial charge in [0.25, 0.3) is 0 Å². The van der Waals surface area contributed by atoms with Crippen LogP contribution in [0.15, 0.2) is 0 Å². The molecule has 1 fully saturated rings. The van der Waals surface area contributed by atoms with Crippen molar-refractivity contribution in [2.24, 2.45) is 11.8 Å². The molecule has 3 unspecified atom stereocenters. The van der Waals surface area contributed by atoms with E-state index in [1.807, 2.05) is 25.1 Å². The Kier molecular flexibility index (Phi) is 4.54. The third-order valence-corrected chi connectivity index (χ3v) is 4.45. The summed E-state index contributed by atoms with van der Waals surface area (Å²) in [6.45, 7) is 7.62. The molecule has 84 valence electrons. The van der Waals surface area contributed by atoms with E-state index in [9.17, 15) is 9.32 Å². The van der Waals surface area contributed by atoms with Crippen LogP contribution in [0, 0.1) is 11.8 Å². The molecular weight excluding hydrogens is 198 g/mol. The van der Waals surface area contributed by atoms with E-state index in [1.54, 1.807) is 0 Å². The molecule has 0 saturated carbocycles. The first-order valence-electron chi connectivity index (χ1n) is 5.37. The summed E-state index contributed by atoms with van der Waals surface area (Å²) in [6.07, 6.45) is 0.721. The lowest BCUT2D eigenvalue weighted by molar-refractivity contribution is 0.0192. The minimum atomic E-state index is -0.841. The van der Waals surface area contributed by atoms with Crippen LogP contribution in [0.1, 0.15) is 27.2 Å². The lowest BCUT2D eigenvalue weighted by Crippen LogP contribution is -2.48. The highest BCUT2D eigenvalue weighted by atomic mass is 32.2. The standard InChI is InChI=1S/C10H21NO2S/c1-4-5-14(13)11-6-8(2)10(12)9(3)7-11/h8-10,12H,4-7H2,1-3H3. The van der Waals surface area contributed by atoms with E-state index in [-0.39, 0.29) is 17.9 Å². The van der Waals surface area contributed by atoms with Crippen molar-refractivity contribution in [3.05, 3.63) is 0 Å². The second-order valence-electron chi connectivity index (χ2n) is 4.32. The molecule has 0 aromatic carbocycles. The first-order chi connectivity index (χ1) is 6.56. The van der Waals surface area contributed by atoms with Gasteiger partial charge in [-0.3, -0.25) is 0 Å². The zero-order valence-corrected chi connectivity index (χ0v) is 10.1. The van der Waals surface area contributed by atoms with Crippen LogP contribution in [-0.4, -0.2) is 38.6 Å². The van der Waals surface area contributed by atoms with Crippen molar-refractivity contribution in [3.63, 3.8) is 0 Å². The minimum Gasteiger partial charge on any atom is -0.392 e. The Morgan fingerprint density at radius 2 is 1.86 bits per heavy atom. The molecule has 0 radical (unpaired) electrons. The first kappa shape index (κ1) is 12.1. The van der Waals surface area contributed by atoms with E-state index in [1.165, 1.54) is 0 Å². The fourth-order valence-electron chi connectivity index (χ4n) is 1.96. The maximum absolute atomic E-state index is 11.8. The maximum Gasteiger partial charge on any atom is 0.0942 e. The van der Waals surface area contributed by atoms with E-state index < -0.39 is 11.0 Å². The van der Waals surface area contributed by atoms with Gasteiger partial charge in [0.05, 0.1) is 17.1 Å². The summed E-state index contributed by atoms with van der Waals surface area (Å²) in [5, 5.41) is 9.75. The van der Waals surface area contributed by atoms with Crippen molar-refractivity contribution in [1.29, 1.82) is 0 Å². The number of hydrogen-bond acceptors (Lipinski definition) is 2. The monoisotopic (exact) mass is 219 g/mol. The quantitative estimate of drug-likeness (QED) is 0.769. The molecule has 3 atom stereocenters. The Balaban J connectivity index is 2.53. The number of aliphatic hydroxyl groups is 1. The number of aliphatic hydroxyl groups excluding tert-OH is 1. The molecule has 0 spiro atoms. The second kappa shape index (κ2) is 5.24. The predicted molar refractivity (Wildman–Crippen MR) is 59.2 cm³/mol. The lowest BCUT2D eigenvalue weighted by atomic mass is 9.90. The Labute approximate surface area is 89.1 Å². The average Bonchev–Trinajstić information content (AvgIpc) is 2.13. The second-order valence-corrected chi connectivity index (χ2v) is 5.89. The molecule has 14 heavy (non-hydrogen) atoms. The largest absolute Gasteiger partial charge is 0.392 e. The van der Waals surface area contributed by atoms with Crippen molar-refractivity contribution in [2.75, 3.05) is 18.8 Å². The van der Waals surface area contributed by atoms with Crippen LogP contribution in [0.2, 0.25) is 0 Å². The molecule has 1 heterocycles. The van der Waals surface area contributed by atoms with Gasteiger partial charge in [0, 0.05) is 18.8 Å². The topological polar surface area (TPSA) is 40.5 Å². The van der Waals surface area contributed by atoms with Gasteiger partial charge < -0.3 is 5.11 Å². The van der Waals surface area contributed by atoms with Crippen molar-refractivity contribution >= 4 is 11.0 Å². The van der Waals surface area contributed by atoms with E-state index in [4.69, 9.17) is 0 Å². The maximum atomic E-state index is 11.8. The van der Waals surface area contributed by atoms with Crippen molar-refractivity contribution in [1.82, 2.24) is 4.31 Å². The molecule has 3 nitrogen and oxygen atoms in total.